The molecule has 0 radical (unpaired) electrons. The fraction of sp³-hybridized carbons (Fsp3) is 0.462. The van der Waals surface area contributed by atoms with Crippen LogP contribution < -0.4 is 5.32 Å². The van der Waals surface area contributed by atoms with Crippen LogP contribution in [0.1, 0.15) is 43.0 Å². The number of carbonyl (C=O) groups is 1. The van der Waals surface area contributed by atoms with E-state index in [0.29, 0.717) is 0 Å². The quantitative estimate of drug-likeness (QED) is 0.683. The second-order valence-corrected chi connectivity index (χ2v) is 5.55. The fourth-order valence-corrected chi connectivity index (χ4v) is 2.63. The predicted octanol–water partition coefficient (Wildman–Crippen LogP) is 3.31. The molecule has 0 aromatic heterocycles. The van der Waals surface area contributed by atoms with Crippen molar-refractivity contribution in [2.24, 2.45) is 0 Å². The summed E-state index contributed by atoms with van der Waals surface area (Å²) in [7, 11) is 0. The van der Waals surface area contributed by atoms with Gasteiger partial charge in [0.05, 0.1) is 15.5 Å². The van der Waals surface area contributed by atoms with Gasteiger partial charge < -0.3 is 5.32 Å². The number of non-ortho nitro benzene ring substituents is 1. The van der Waals surface area contributed by atoms with Crippen LogP contribution >= 0.6 is 11.6 Å². The molecule has 1 saturated carbocycles. The lowest BCUT2D eigenvalue weighted by atomic mass is 10.00. The second-order valence-electron chi connectivity index (χ2n) is 5.14. The van der Waals surface area contributed by atoms with Crippen molar-refractivity contribution in [2.75, 3.05) is 0 Å². The molecule has 1 aliphatic rings. The van der Waals surface area contributed by atoms with Crippen molar-refractivity contribution in [1.29, 1.82) is 0 Å². The van der Waals surface area contributed by atoms with E-state index in [-0.39, 0.29) is 27.7 Å². The van der Waals surface area contributed by atoms with Crippen molar-refractivity contribution in [3.05, 3.63) is 38.9 Å². The third-order valence-corrected chi connectivity index (χ3v) is 3.86. The normalized spacial score (nSPS) is 17.2. The molecular formula is C13H15ClN2O3. The van der Waals surface area contributed by atoms with Crippen LogP contribution in [0.2, 0.25) is 5.02 Å². The first kappa shape index (κ1) is 13.8. The average molecular weight is 283 g/mol. The van der Waals surface area contributed by atoms with Crippen LogP contribution in [0.4, 0.5) is 5.69 Å². The molecule has 0 spiro atoms. The Morgan fingerprint density at radius 1 is 1.42 bits per heavy atom. The van der Waals surface area contributed by atoms with Crippen LogP contribution in [-0.4, -0.2) is 16.4 Å². The Hall–Kier alpha value is -1.62. The maximum absolute atomic E-state index is 12.2. The summed E-state index contributed by atoms with van der Waals surface area (Å²) in [6.45, 7) is 1.99. The number of hydrogen-bond acceptors (Lipinski definition) is 3. The molecule has 0 heterocycles. The summed E-state index contributed by atoms with van der Waals surface area (Å²) in [5.41, 5.74) is -0.208. The third kappa shape index (κ3) is 3.04. The van der Waals surface area contributed by atoms with Crippen LogP contribution in [0.15, 0.2) is 18.2 Å². The minimum absolute atomic E-state index is 0.133. The zero-order valence-corrected chi connectivity index (χ0v) is 11.4. The van der Waals surface area contributed by atoms with E-state index in [4.69, 9.17) is 11.6 Å². The molecule has 1 aromatic rings. The smallest absolute Gasteiger partial charge is 0.270 e. The third-order valence-electron chi connectivity index (χ3n) is 3.53. The number of nitro benzene ring substituents is 1. The van der Waals surface area contributed by atoms with Gasteiger partial charge in [0.25, 0.3) is 11.6 Å². The highest BCUT2D eigenvalue weighted by Gasteiger charge is 2.31. The molecule has 1 amide bonds. The van der Waals surface area contributed by atoms with Crippen LogP contribution in [0, 0.1) is 10.1 Å². The molecule has 0 saturated heterocycles. The molecule has 1 fully saturated rings. The summed E-state index contributed by atoms with van der Waals surface area (Å²) >= 11 is 5.94. The maximum atomic E-state index is 12.2. The van der Waals surface area contributed by atoms with Crippen LogP contribution in [-0.2, 0) is 0 Å². The average Bonchev–Trinajstić information content (AvgIpc) is 2.75. The number of halogens is 1. The Bertz CT molecular complexity index is 525. The van der Waals surface area contributed by atoms with E-state index in [1.807, 2.05) is 6.92 Å². The van der Waals surface area contributed by atoms with Crippen molar-refractivity contribution >= 4 is 23.2 Å². The van der Waals surface area contributed by atoms with E-state index in [1.54, 1.807) is 0 Å². The minimum atomic E-state index is -0.537. The fourth-order valence-electron chi connectivity index (χ4n) is 2.42. The Labute approximate surface area is 116 Å². The predicted molar refractivity (Wildman–Crippen MR) is 72.4 cm³/mol. The number of benzene rings is 1. The van der Waals surface area contributed by atoms with Crippen molar-refractivity contribution in [3.8, 4) is 0 Å². The van der Waals surface area contributed by atoms with Crippen LogP contribution in [0.5, 0.6) is 0 Å². The molecule has 1 aromatic carbocycles. The van der Waals surface area contributed by atoms with Gasteiger partial charge in [-0.15, -0.1) is 0 Å². The topological polar surface area (TPSA) is 72.2 Å². The number of nitro groups is 1. The van der Waals surface area contributed by atoms with Gasteiger partial charge in [-0.3, -0.25) is 14.9 Å². The Kier molecular flexibility index (Phi) is 3.75. The van der Waals surface area contributed by atoms with E-state index in [0.717, 1.165) is 25.7 Å². The minimum Gasteiger partial charge on any atom is -0.347 e. The molecule has 102 valence electrons. The van der Waals surface area contributed by atoms with E-state index in [9.17, 15) is 14.9 Å². The molecule has 0 unspecified atom stereocenters. The molecular weight excluding hydrogens is 268 g/mol. The van der Waals surface area contributed by atoms with Gasteiger partial charge in [-0.25, -0.2) is 0 Å². The molecule has 19 heavy (non-hydrogen) atoms. The highest BCUT2D eigenvalue weighted by atomic mass is 35.5. The van der Waals surface area contributed by atoms with Gasteiger partial charge in [0.15, 0.2) is 0 Å². The van der Waals surface area contributed by atoms with E-state index >= 15 is 0 Å². The van der Waals surface area contributed by atoms with Gasteiger partial charge in [-0.2, -0.15) is 0 Å². The van der Waals surface area contributed by atoms with E-state index in [2.05, 4.69) is 5.32 Å². The first-order valence-electron chi connectivity index (χ1n) is 6.18. The molecule has 5 nitrogen and oxygen atoms in total. The lowest BCUT2D eigenvalue weighted by Crippen LogP contribution is -2.43. The van der Waals surface area contributed by atoms with Gasteiger partial charge in [0.2, 0.25) is 0 Å². The summed E-state index contributed by atoms with van der Waals surface area (Å²) in [4.78, 5) is 22.4. The molecule has 6 heteroatoms. The SMILES string of the molecule is CC1(NC(=O)c2cc([N+](=O)[O-])ccc2Cl)CCCC1. The number of nitrogens with zero attached hydrogens (tertiary/aromatic N) is 1. The lowest BCUT2D eigenvalue weighted by Gasteiger charge is -2.25. The molecule has 0 atom stereocenters. The highest BCUT2D eigenvalue weighted by Crippen LogP contribution is 2.30. The van der Waals surface area contributed by atoms with Crippen molar-refractivity contribution < 1.29 is 9.72 Å². The van der Waals surface area contributed by atoms with Crippen molar-refractivity contribution in [1.82, 2.24) is 5.32 Å². The number of carbonyl (C=O) groups excluding carboxylic acids is 1. The van der Waals surface area contributed by atoms with E-state index < -0.39 is 4.92 Å². The molecule has 1 N–H and O–H groups in total. The first-order valence-corrected chi connectivity index (χ1v) is 6.55. The standard InChI is InChI=1S/C13H15ClN2O3/c1-13(6-2-3-7-13)15-12(17)10-8-9(16(18)19)4-5-11(10)14/h4-5,8H,2-3,6-7H2,1H3,(H,15,17). The summed E-state index contributed by atoms with van der Waals surface area (Å²) in [6.07, 6.45) is 4.01. The Morgan fingerprint density at radius 2 is 2.05 bits per heavy atom. The number of hydrogen-bond donors (Lipinski definition) is 1. The molecule has 0 bridgehead atoms. The van der Waals surface area contributed by atoms with Gasteiger partial charge in [-0.05, 0) is 25.8 Å². The van der Waals surface area contributed by atoms with Crippen LogP contribution in [0.25, 0.3) is 0 Å². The summed E-state index contributed by atoms with van der Waals surface area (Å²) < 4.78 is 0. The zero-order valence-electron chi connectivity index (χ0n) is 10.6. The van der Waals surface area contributed by atoms with Gasteiger partial charge in [0.1, 0.15) is 0 Å². The van der Waals surface area contributed by atoms with Gasteiger partial charge >= 0.3 is 0 Å². The van der Waals surface area contributed by atoms with Crippen molar-refractivity contribution in [2.45, 2.75) is 38.1 Å². The van der Waals surface area contributed by atoms with Gasteiger partial charge in [0, 0.05) is 17.7 Å². The second kappa shape index (κ2) is 5.17. The summed E-state index contributed by atoms with van der Waals surface area (Å²) in [6, 6.07) is 3.89. The number of nitrogens with one attached hydrogen (secondary N) is 1. The monoisotopic (exact) mass is 282 g/mol. The zero-order chi connectivity index (χ0) is 14.0. The maximum Gasteiger partial charge on any atom is 0.270 e. The summed E-state index contributed by atoms with van der Waals surface area (Å²) in [5.74, 6) is -0.349. The van der Waals surface area contributed by atoms with Crippen LogP contribution in [0.3, 0.4) is 0 Å². The molecule has 0 aliphatic heterocycles. The summed E-state index contributed by atoms with van der Waals surface area (Å²) in [5, 5.41) is 13.9. The largest absolute Gasteiger partial charge is 0.347 e. The molecule has 2 rings (SSSR count). The molecule has 1 aliphatic carbocycles. The highest BCUT2D eigenvalue weighted by molar-refractivity contribution is 6.34. The number of rotatable bonds is 3. The number of amides is 1. The van der Waals surface area contributed by atoms with Gasteiger partial charge in [-0.1, -0.05) is 24.4 Å². The Balaban J connectivity index is 2.23. The van der Waals surface area contributed by atoms with E-state index in [1.165, 1.54) is 18.2 Å². The first-order chi connectivity index (χ1) is 8.91. The lowest BCUT2D eigenvalue weighted by molar-refractivity contribution is -0.384. The Morgan fingerprint density at radius 3 is 2.63 bits per heavy atom. The van der Waals surface area contributed by atoms with Crippen molar-refractivity contribution in [3.63, 3.8) is 0 Å².